The second-order valence-electron chi connectivity index (χ2n) is 6.05. The quantitative estimate of drug-likeness (QED) is 0.677. The number of nitrogens with one attached hydrogen (secondary N) is 2. The first-order chi connectivity index (χ1) is 11.0. The van der Waals surface area contributed by atoms with E-state index < -0.39 is 0 Å². The molecule has 2 aromatic heterocycles. The van der Waals surface area contributed by atoms with Gasteiger partial charge >= 0.3 is 0 Å². The monoisotopic (exact) mass is 310 g/mol. The fourth-order valence-electron chi connectivity index (χ4n) is 2.62. The summed E-state index contributed by atoms with van der Waals surface area (Å²) < 4.78 is 0. The predicted molar refractivity (Wildman–Crippen MR) is 95.0 cm³/mol. The molecular weight excluding hydrogens is 288 g/mol. The minimum absolute atomic E-state index is 0.281. The van der Waals surface area contributed by atoms with E-state index in [9.17, 15) is 5.11 Å². The van der Waals surface area contributed by atoms with Gasteiger partial charge in [-0.15, -0.1) is 0 Å². The summed E-state index contributed by atoms with van der Waals surface area (Å²) in [6, 6.07) is 9.64. The minimum Gasteiger partial charge on any atom is -0.507 e. The molecule has 5 heteroatoms. The lowest BCUT2D eigenvalue weighted by Gasteiger charge is -2.13. The van der Waals surface area contributed by atoms with Crippen molar-refractivity contribution < 1.29 is 5.11 Å². The zero-order chi connectivity index (χ0) is 16.4. The minimum atomic E-state index is 0.281. The molecule has 0 amide bonds. The van der Waals surface area contributed by atoms with Crippen LogP contribution in [0, 0.1) is 6.92 Å². The van der Waals surface area contributed by atoms with E-state index in [0.717, 1.165) is 46.6 Å². The third-order valence-electron chi connectivity index (χ3n) is 3.84. The van der Waals surface area contributed by atoms with E-state index in [4.69, 9.17) is 0 Å². The number of aromatic nitrogens is 2. The number of H-pyrrole nitrogens is 1. The molecule has 0 aliphatic rings. The molecular formula is C18H22N4O. The van der Waals surface area contributed by atoms with Crippen molar-refractivity contribution in [1.82, 2.24) is 14.9 Å². The van der Waals surface area contributed by atoms with Crippen LogP contribution in [-0.2, 0) is 0 Å². The van der Waals surface area contributed by atoms with Gasteiger partial charge in [0.05, 0.1) is 0 Å². The van der Waals surface area contributed by atoms with E-state index in [2.05, 4.69) is 20.2 Å². The normalized spacial score (nSPS) is 11.3. The molecule has 0 spiro atoms. The van der Waals surface area contributed by atoms with E-state index in [1.807, 2.05) is 51.5 Å². The number of fused-ring (bicyclic) bond motifs is 1. The van der Waals surface area contributed by atoms with Crippen molar-refractivity contribution in [3.05, 3.63) is 42.1 Å². The third-order valence-corrected chi connectivity index (χ3v) is 3.84. The lowest BCUT2D eigenvalue weighted by atomic mass is 10.0. The second kappa shape index (κ2) is 6.30. The van der Waals surface area contributed by atoms with Crippen molar-refractivity contribution in [2.45, 2.75) is 6.92 Å². The number of hydrogen-bond donors (Lipinski definition) is 3. The van der Waals surface area contributed by atoms with Gasteiger partial charge < -0.3 is 20.3 Å². The summed E-state index contributed by atoms with van der Waals surface area (Å²) in [6.07, 6.45) is 1.87. The van der Waals surface area contributed by atoms with Crippen LogP contribution in [0.25, 0.3) is 22.2 Å². The Labute approximate surface area is 136 Å². The largest absolute Gasteiger partial charge is 0.507 e. The number of aromatic hydroxyl groups is 1. The van der Waals surface area contributed by atoms with Gasteiger partial charge in [-0.05, 0) is 45.3 Å². The zero-order valence-electron chi connectivity index (χ0n) is 13.7. The van der Waals surface area contributed by atoms with E-state index in [-0.39, 0.29) is 5.75 Å². The van der Waals surface area contributed by atoms with Gasteiger partial charge in [0.2, 0.25) is 0 Å². The maximum atomic E-state index is 10.3. The summed E-state index contributed by atoms with van der Waals surface area (Å²) in [6.45, 7) is 3.76. The number of phenolic OH excluding ortho intramolecular Hbond substituents is 1. The highest BCUT2D eigenvalue weighted by atomic mass is 16.3. The fourth-order valence-corrected chi connectivity index (χ4v) is 2.62. The molecule has 5 nitrogen and oxygen atoms in total. The zero-order valence-corrected chi connectivity index (χ0v) is 13.7. The van der Waals surface area contributed by atoms with Gasteiger partial charge in [-0.25, -0.2) is 4.98 Å². The number of likely N-dealkylation sites (N-methyl/N-ethyl adjacent to an activating group) is 1. The molecule has 0 saturated carbocycles. The molecule has 3 N–H and O–H groups in total. The lowest BCUT2D eigenvalue weighted by molar-refractivity contribution is 0.425. The van der Waals surface area contributed by atoms with E-state index in [1.165, 1.54) is 0 Å². The number of benzene rings is 1. The van der Waals surface area contributed by atoms with Gasteiger partial charge in [0, 0.05) is 35.8 Å². The highest BCUT2D eigenvalue weighted by Crippen LogP contribution is 2.35. The molecule has 0 unspecified atom stereocenters. The number of nitrogens with zero attached hydrogens (tertiary/aromatic N) is 2. The average molecular weight is 310 g/mol. The number of hydrogen-bond acceptors (Lipinski definition) is 4. The molecule has 0 bridgehead atoms. The molecule has 2 heterocycles. The highest BCUT2D eigenvalue weighted by molar-refractivity contribution is 5.96. The Balaban J connectivity index is 2.04. The Kier molecular flexibility index (Phi) is 4.21. The van der Waals surface area contributed by atoms with Crippen LogP contribution in [0.1, 0.15) is 5.56 Å². The van der Waals surface area contributed by atoms with Crippen LogP contribution in [-0.4, -0.2) is 47.2 Å². The Bertz CT molecular complexity index is 823. The number of aromatic amines is 1. The molecule has 3 rings (SSSR count). The first-order valence-electron chi connectivity index (χ1n) is 7.71. The molecule has 23 heavy (non-hydrogen) atoms. The van der Waals surface area contributed by atoms with Crippen LogP contribution in [0.15, 0.2) is 36.5 Å². The number of pyridine rings is 1. The average Bonchev–Trinajstić information content (AvgIpc) is 2.97. The number of rotatable bonds is 5. The highest BCUT2D eigenvalue weighted by Gasteiger charge is 2.12. The molecule has 120 valence electrons. The second-order valence-corrected chi connectivity index (χ2v) is 6.05. The maximum absolute atomic E-state index is 10.3. The summed E-state index contributed by atoms with van der Waals surface area (Å²) in [5, 5.41) is 14.6. The van der Waals surface area contributed by atoms with Crippen molar-refractivity contribution >= 4 is 16.9 Å². The Morgan fingerprint density at radius 2 is 2.00 bits per heavy atom. The standard InChI is InChI=1S/C18H22N4O/c1-12-4-5-16(23)15(10-12)14-11-17(19-8-9-22(2)3)21-18-13(14)6-7-20-18/h4-7,10-11,23H,8-9H2,1-3H3,(H2,19,20,21). The first-order valence-corrected chi connectivity index (χ1v) is 7.71. The first kappa shape index (κ1) is 15.4. The molecule has 0 aliphatic carbocycles. The Hall–Kier alpha value is -2.53. The van der Waals surface area contributed by atoms with Gasteiger partial charge in [0.15, 0.2) is 0 Å². The van der Waals surface area contributed by atoms with Gasteiger partial charge in [-0.3, -0.25) is 0 Å². The summed E-state index contributed by atoms with van der Waals surface area (Å²) in [5.74, 6) is 1.08. The number of anilines is 1. The van der Waals surface area contributed by atoms with Crippen molar-refractivity contribution in [3.63, 3.8) is 0 Å². The van der Waals surface area contributed by atoms with E-state index in [1.54, 1.807) is 6.07 Å². The van der Waals surface area contributed by atoms with Gasteiger partial charge in [0.1, 0.15) is 17.2 Å². The molecule has 0 atom stereocenters. The Morgan fingerprint density at radius 3 is 2.78 bits per heavy atom. The van der Waals surface area contributed by atoms with Gasteiger partial charge in [-0.1, -0.05) is 11.6 Å². The topological polar surface area (TPSA) is 64.2 Å². The van der Waals surface area contributed by atoms with Crippen LogP contribution in [0.5, 0.6) is 5.75 Å². The third kappa shape index (κ3) is 3.29. The van der Waals surface area contributed by atoms with Gasteiger partial charge in [-0.2, -0.15) is 0 Å². The van der Waals surface area contributed by atoms with Gasteiger partial charge in [0.25, 0.3) is 0 Å². The molecule has 0 aliphatic heterocycles. The number of phenols is 1. The van der Waals surface area contributed by atoms with Crippen LogP contribution in [0.4, 0.5) is 5.82 Å². The predicted octanol–water partition coefficient (Wildman–Crippen LogP) is 3.22. The van der Waals surface area contributed by atoms with Crippen molar-refractivity contribution in [2.75, 3.05) is 32.5 Å². The van der Waals surface area contributed by atoms with Crippen LogP contribution in [0.2, 0.25) is 0 Å². The van der Waals surface area contributed by atoms with E-state index in [0.29, 0.717) is 0 Å². The molecule has 0 saturated heterocycles. The van der Waals surface area contributed by atoms with Crippen LogP contribution in [0.3, 0.4) is 0 Å². The fraction of sp³-hybridized carbons (Fsp3) is 0.278. The van der Waals surface area contributed by atoms with Crippen molar-refractivity contribution in [2.24, 2.45) is 0 Å². The molecule has 0 fully saturated rings. The maximum Gasteiger partial charge on any atom is 0.140 e. The van der Waals surface area contributed by atoms with Crippen LogP contribution < -0.4 is 5.32 Å². The SMILES string of the molecule is Cc1ccc(O)c(-c2cc(NCCN(C)C)nc3[nH]ccc23)c1. The summed E-state index contributed by atoms with van der Waals surface area (Å²) in [7, 11) is 4.08. The van der Waals surface area contributed by atoms with Crippen LogP contribution >= 0.6 is 0 Å². The summed E-state index contributed by atoms with van der Waals surface area (Å²) in [5.41, 5.74) is 3.73. The smallest absolute Gasteiger partial charge is 0.140 e. The molecule has 0 radical (unpaired) electrons. The molecule has 3 aromatic rings. The summed E-state index contributed by atoms with van der Waals surface area (Å²) >= 11 is 0. The Morgan fingerprint density at radius 1 is 1.17 bits per heavy atom. The summed E-state index contributed by atoms with van der Waals surface area (Å²) in [4.78, 5) is 9.88. The molecule has 1 aromatic carbocycles. The van der Waals surface area contributed by atoms with Crippen molar-refractivity contribution in [3.8, 4) is 16.9 Å². The van der Waals surface area contributed by atoms with E-state index >= 15 is 0 Å². The van der Waals surface area contributed by atoms with Crippen molar-refractivity contribution in [1.29, 1.82) is 0 Å². The number of aryl methyl sites for hydroxylation is 1. The lowest BCUT2D eigenvalue weighted by Crippen LogP contribution is -2.21.